The molecule has 0 saturated carbocycles. The molecule has 0 aromatic rings. The predicted octanol–water partition coefficient (Wildman–Crippen LogP) is 5.00. The summed E-state index contributed by atoms with van der Waals surface area (Å²) in [7, 11) is 0. The minimum Gasteiger partial charge on any atom is -0.466 e. The van der Waals surface area contributed by atoms with Crippen molar-refractivity contribution in [3.05, 3.63) is 0 Å². The molecule has 0 heterocycles. The van der Waals surface area contributed by atoms with Crippen molar-refractivity contribution in [3.8, 4) is 0 Å². The Bertz CT molecular complexity index is 227. The Balaban J connectivity index is 3.12. The molecule has 0 aliphatic rings. The second kappa shape index (κ2) is 15.8. The van der Waals surface area contributed by atoms with Crippen molar-refractivity contribution in [2.75, 3.05) is 6.61 Å². The Morgan fingerprint density at radius 1 is 0.905 bits per heavy atom. The smallest absolute Gasteiger partial charge is 0.305 e. The molecule has 0 radical (unpaired) electrons. The topological polar surface area (TPSA) is 46.5 Å². The predicted molar refractivity (Wildman–Crippen MR) is 88.3 cm³/mol. The first-order valence-electron chi connectivity index (χ1n) is 9.00. The summed E-state index contributed by atoms with van der Waals surface area (Å²) in [5.74, 6) is -0.119. The van der Waals surface area contributed by atoms with E-state index in [-0.39, 0.29) is 12.1 Å². The number of esters is 1. The molecule has 0 amide bonds. The van der Waals surface area contributed by atoms with Gasteiger partial charge in [-0.25, -0.2) is 0 Å². The summed E-state index contributed by atoms with van der Waals surface area (Å²) in [4.78, 5) is 11.4. The van der Waals surface area contributed by atoms with Gasteiger partial charge in [0.25, 0.3) is 0 Å². The number of aliphatic hydroxyl groups excluding tert-OH is 1. The van der Waals surface area contributed by atoms with Gasteiger partial charge in [0.2, 0.25) is 0 Å². The Kier molecular flexibility index (Phi) is 15.4. The molecule has 1 N–H and O–H groups in total. The fourth-order valence-corrected chi connectivity index (χ4v) is 2.35. The zero-order valence-electron chi connectivity index (χ0n) is 14.2. The van der Waals surface area contributed by atoms with Crippen LogP contribution in [0.15, 0.2) is 0 Å². The van der Waals surface area contributed by atoms with Gasteiger partial charge in [-0.2, -0.15) is 0 Å². The van der Waals surface area contributed by atoms with Gasteiger partial charge in [0.05, 0.1) is 12.7 Å². The summed E-state index contributed by atoms with van der Waals surface area (Å²) in [5, 5.41) is 9.05. The number of hydrogen-bond acceptors (Lipinski definition) is 3. The Morgan fingerprint density at radius 2 is 1.38 bits per heavy atom. The van der Waals surface area contributed by atoms with E-state index in [9.17, 15) is 4.79 Å². The molecule has 0 saturated heterocycles. The third-order valence-electron chi connectivity index (χ3n) is 3.78. The fraction of sp³-hybridized carbons (Fsp3) is 0.944. The quantitative estimate of drug-likeness (QED) is 0.342. The number of carbonyl (C=O) groups excluding carboxylic acids is 1. The molecule has 1 atom stereocenters. The Hall–Kier alpha value is -0.570. The highest BCUT2D eigenvalue weighted by atomic mass is 16.5. The second-order valence-electron chi connectivity index (χ2n) is 6.14. The molecular formula is C18H36O3. The molecule has 0 bridgehead atoms. The molecule has 0 rings (SSSR count). The van der Waals surface area contributed by atoms with Gasteiger partial charge in [0, 0.05) is 12.8 Å². The van der Waals surface area contributed by atoms with Gasteiger partial charge in [0.1, 0.15) is 0 Å². The summed E-state index contributed by atoms with van der Waals surface area (Å²) in [6.07, 6.45) is 14.8. The van der Waals surface area contributed by atoms with Crippen LogP contribution in [0.25, 0.3) is 0 Å². The van der Waals surface area contributed by atoms with Gasteiger partial charge in [-0.15, -0.1) is 0 Å². The van der Waals surface area contributed by atoms with Crippen LogP contribution in [-0.4, -0.2) is 23.8 Å². The number of ether oxygens (including phenoxy) is 1. The Morgan fingerprint density at radius 3 is 1.86 bits per heavy atom. The van der Waals surface area contributed by atoms with Crippen LogP contribution >= 0.6 is 0 Å². The van der Waals surface area contributed by atoms with Crippen LogP contribution in [0.3, 0.4) is 0 Å². The lowest BCUT2D eigenvalue weighted by Gasteiger charge is -2.06. The van der Waals surface area contributed by atoms with Crippen LogP contribution in [0.1, 0.15) is 97.3 Å². The zero-order valence-corrected chi connectivity index (χ0v) is 14.2. The number of hydrogen-bond donors (Lipinski definition) is 1. The molecule has 0 aliphatic heterocycles. The maximum atomic E-state index is 11.4. The van der Waals surface area contributed by atoms with Crippen molar-refractivity contribution in [2.24, 2.45) is 0 Å². The molecule has 0 aromatic heterocycles. The number of aliphatic hydroxyl groups is 1. The van der Waals surface area contributed by atoms with Gasteiger partial charge in [-0.1, -0.05) is 71.1 Å². The lowest BCUT2D eigenvalue weighted by molar-refractivity contribution is -0.144. The van der Waals surface area contributed by atoms with Crippen molar-refractivity contribution >= 4 is 5.97 Å². The van der Waals surface area contributed by atoms with Gasteiger partial charge in [-0.3, -0.25) is 4.79 Å². The van der Waals surface area contributed by atoms with E-state index in [4.69, 9.17) is 9.84 Å². The van der Waals surface area contributed by atoms with E-state index >= 15 is 0 Å². The van der Waals surface area contributed by atoms with Crippen LogP contribution in [-0.2, 0) is 9.53 Å². The first-order valence-corrected chi connectivity index (χ1v) is 9.00. The third kappa shape index (κ3) is 17.4. The van der Waals surface area contributed by atoms with Crippen molar-refractivity contribution in [3.63, 3.8) is 0 Å². The monoisotopic (exact) mass is 300 g/mol. The molecule has 3 nitrogen and oxygen atoms in total. The summed E-state index contributed by atoms with van der Waals surface area (Å²) in [5.41, 5.74) is 0. The highest BCUT2D eigenvalue weighted by molar-refractivity contribution is 5.69. The number of unbranched alkanes of at least 4 members (excludes halogenated alkanes) is 10. The third-order valence-corrected chi connectivity index (χ3v) is 3.78. The van der Waals surface area contributed by atoms with Gasteiger partial charge in [-0.05, 0) is 13.3 Å². The maximum Gasteiger partial charge on any atom is 0.305 e. The van der Waals surface area contributed by atoms with Crippen molar-refractivity contribution in [2.45, 2.75) is 103 Å². The number of rotatable bonds is 15. The van der Waals surface area contributed by atoms with E-state index in [1.165, 1.54) is 57.8 Å². The lowest BCUT2D eigenvalue weighted by Crippen LogP contribution is -2.10. The van der Waals surface area contributed by atoms with Crippen LogP contribution in [0.2, 0.25) is 0 Å². The molecule has 0 spiro atoms. The lowest BCUT2D eigenvalue weighted by atomic mass is 10.1. The van der Waals surface area contributed by atoms with Crippen LogP contribution in [0, 0.1) is 0 Å². The van der Waals surface area contributed by atoms with Crippen LogP contribution < -0.4 is 0 Å². The summed E-state index contributed by atoms with van der Waals surface area (Å²) < 4.78 is 5.05. The van der Waals surface area contributed by atoms with Crippen molar-refractivity contribution in [1.29, 1.82) is 0 Å². The summed E-state index contributed by atoms with van der Waals surface area (Å²) >= 11 is 0. The van der Waals surface area contributed by atoms with Crippen molar-refractivity contribution < 1.29 is 14.6 Å². The highest BCUT2D eigenvalue weighted by Gasteiger charge is 2.03. The molecule has 126 valence electrons. The summed E-state index contributed by atoms with van der Waals surface area (Å²) in [6.45, 7) is 4.30. The second-order valence-corrected chi connectivity index (χ2v) is 6.14. The minimum atomic E-state index is -0.389. The molecule has 0 fully saturated rings. The van der Waals surface area contributed by atoms with E-state index in [0.29, 0.717) is 19.4 Å². The fourth-order valence-electron chi connectivity index (χ4n) is 2.35. The van der Waals surface area contributed by atoms with E-state index in [1.807, 2.05) is 0 Å². The summed E-state index contributed by atoms with van der Waals surface area (Å²) in [6, 6.07) is 0. The average molecular weight is 300 g/mol. The van der Waals surface area contributed by atoms with Crippen LogP contribution in [0.4, 0.5) is 0 Å². The highest BCUT2D eigenvalue weighted by Crippen LogP contribution is 2.12. The average Bonchev–Trinajstić information content (AvgIpc) is 2.44. The Labute approximate surface area is 131 Å². The van der Waals surface area contributed by atoms with Gasteiger partial charge >= 0.3 is 5.97 Å². The van der Waals surface area contributed by atoms with Crippen LogP contribution in [0.5, 0.6) is 0 Å². The van der Waals surface area contributed by atoms with E-state index in [1.54, 1.807) is 6.92 Å². The van der Waals surface area contributed by atoms with Gasteiger partial charge in [0.15, 0.2) is 0 Å². The molecule has 0 aromatic carbocycles. The normalized spacial score (nSPS) is 12.3. The molecule has 0 aliphatic carbocycles. The SMILES string of the molecule is CCCCCCCCCCCCCC(=O)OCCC(C)O. The first kappa shape index (κ1) is 20.4. The largest absolute Gasteiger partial charge is 0.466 e. The zero-order chi connectivity index (χ0) is 15.8. The first-order chi connectivity index (χ1) is 10.2. The van der Waals surface area contributed by atoms with E-state index < -0.39 is 0 Å². The maximum absolute atomic E-state index is 11.4. The number of carbonyl (C=O) groups is 1. The van der Waals surface area contributed by atoms with E-state index in [0.717, 1.165) is 12.8 Å². The molecular weight excluding hydrogens is 264 g/mol. The van der Waals surface area contributed by atoms with Crippen molar-refractivity contribution in [1.82, 2.24) is 0 Å². The standard InChI is InChI=1S/C18H36O3/c1-3-4-5-6-7-8-9-10-11-12-13-14-18(20)21-16-15-17(2)19/h17,19H,3-16H2,1-2H3. The molecule has 3 heteroatoms. The van der Waals surface area contributed by atoms with Gasteiger partial charge < -0.3 is 9.84 Å². The van der Waals surface area contributed by atoms with E-state index in [2.05, 4.69) is 6.92 Å². The molecule has 1 unspecified atom stereocenters. The molecule has 21 heavy (non-hydrogen) atoms. The minimum absolute atomic E-state index is 0.119.